The number of nitrogens with zero attached hydrogens (tertiary/aromatic N) is 1. The lowest BCUT2D eigenvalue weighted by molar-refractivity contribution is -0.148. The molecule has 3 aliphatic rings. The van der Waals surface area contributed by atoms with Crippen LogP contribution in [0.25, 0.3) is 6.08 Å². The Balaban J connectivity index is 1.96. The van der Waals surface area contributed by atoms with Crippen LogP contribution in [0.2, 0.25) is 0 Å². The Bertz CT molecular complexity index is 1260. The first kappa shape index (κ1) is 24.9. The number of fused-ring (bicyclic) bond motifs is 3. The minimum atomic E-state index is -2.68. The molecule has 1 aromatic carbocycles. The summed E-state index contributed by atoms with van der Waals surface area (Å²) in [6, 6.07) is 1.74. The molecule has 4 rings (SSSR count). The molecule has 0 spiro atoms. The Morgan fingerprint density at radius 2 is 1.91 bits per heavy atom. The van der Waals surface area contributed by atoms with E-state index >= 15 is 0 Å². The summed E-state index contributed by atoms with van der Waals surface area (Å²) in [6.45, 7) is -0.434. The molecule has 0 aromatic heterocycles. The number of primary amides is 1. The number of allylic oxidation sites excluding steroid dienone is 1. The first-order chi connectivity index (χ1) is 16.4. The molecule has 3 aliphatic carbocycles. The van der Waals surface area contributed by atoms with Crippen LogP contribution >= 0.6 is 11.6 Å². The smallest absolute Gasteiger partial charge is 0.255 e. The van der Waals surface area contributed by atoms with Crippen molar-refractivity contribution < 1.29 is 39.9 Å². The molecular weight excluding hydrogens is 480 g/mol. The third-order valence-corrected chi connectivity index (χ3v) is 7.33. The standard InChI is InChI=1S/C24H25ClN2O8/c1-27(2)18-13-7-10-6-12-9(5-11(25)8-28)3-4-14(29)16(12)19(30)15(10)21(32)24(13,35)22(33)17(20(18)31)23(26)34/h3-5,10,13,18,28-29,31-32,35H,6-8H2,1-2H3,(H2,26,34)/b11-5-/t10?,13?,18-,24-/m0/s1. The Labute approximate surface area is 205 Å². The van der Waals surface area contributed by atoms with E-state index in [-0.39, 0.29) is 34.8 Å². The van der Waals surface area contributed by atoms with Gasteiger partial charge in [-0.25, -0.2) is 0 Å². The van der Waals surface area contributed by atoms with Crippen LogP contribution in [-0.4, -0.2) is 80.3 Å². The van der Waals surface area contributed by atoms with Crippen LogP contribution in [0.5, 0.6) is 5.75 Å². The number of rotatable bonds is 4. The number of benzene rings is 1. The SMILES string of the molecule is CN(C)[C@@H]1C(O)=C(C(N)=O)C(=O)[C@@]2(O)C(O)=C3C(=O)c4c(O)ccc(/C=C(\Cl)CO)c4CC3CC12. The molecule has 2 unspecified atom stereocenters. The van der Waals surface area contributed by atoms with Crippen molar-refractivity contribution in [3.05, 3.63) is 56.5 Å². The molecule has 0 saturated carbocycles. The second kappa shape index (κ2) is 8.49. The number of phenolic OH excluding ortho intramolecular Hbond substituents is 1. The van der Waals surface area contributed by atoms with Crippen LogP contribution in [0.1, 0.15) is 27.9 Å². The predicted octanol–water partition coefficient (Wildman–Crippen LogP) is 0.693. The van der Waals surface area contributed by atoms with Gasteiger partial charge >= 0.3 is 0 Å². The zero-order chi connectivity index (χ0) is 26.0. The number of ketones is 2. The van der Waals surface area contributed by atoms with Crippen molar-refractivity contribution in [2.45, 2.75) is 24.5 Å². The Morgan fingerprint density at radius 1 is 1.26 bits per heavy atom. The summed E-state index contributed by atoms with van der Waals surface area (Å²) in [4.78, 5) is 40.2. The number of amides is 1. The molecule has 0 saturated heterocycles. The molecule has 35 heavy (non-hydrogen) atoms. The number of phenols is 1. The van der Waals surface area contributed by atoms with Gasteiger partial charge in [0.05, 0.1) is 18.2 Å². The fourth-order valence-corrected chi connectivity index (χ4v) is 5.74. The van der Waals surface area contributed by atoms with E-state index in [4.69, 9.17) is 17.3 Å². The highest BCUT2D eigenvalue weighted by Gasteiger charge is 2.63. The number of carbonyl (C=O) groups excluding carboxylic acids is 3. The van der Waals surface area contributed by atoms with E-state index in [2.05, 4.69) is 0 Å². The van der Waals surface area contributed by atoms with Crippen LogP contribution in [-0.2, 0) is 16.0 Å². The lowest BCUT2D eigenvalue weighted by atomic mass is 9.58. The molecule has 0 radical (unpaired) electrons. The van der Waals surface area contributed by atoms with Gasteiger partial charge in [0.15, 0.2) is 11.4 Å². The number of halogens is 1. The molecule has 4 atom stereocenters. The first-order valence-corrected chi connectivity index (χ1v) is 11.2. The summed E-state index contributed by atoms with van der Waals surface area (Å²) in [7, 11) is 3.12. The van der Waals surface area contributed by atoms with E-state index < -0.39 is 64.7 Å². The Morgan fingerprint density at radius 3 is 2.49 bits per heavy atom. The third-order valence-electron chi connectivity index (χ3n) is 7.11. The third kappa shape index (κ3) is 3.48. The first-order valence-electron chi connectivity index (χ1n) is 10.8. The van der Waals surface area contributed by atoms with Crippen molar-refractivity contribution in [3.8, 4) is 5.75 Å². The maximum absolute atomic E-state index is 13.5. The van der Waals surface area contributed by atoms with Gasteiger partial charge in [0.1, 0.15) is 22.8 Å². The van der Waals surface area contributed by atoms with E-state index in [0.717, 1.165) is 0 Å². The van der Waals surface area contributed by atoms with Gasteiger partial charge in [-0.2, -0.15) is 0 Å². The van der Waals surface area contributed by atoms with Gasteiger partial charge in [0.25, 0.3) is 5.91 Å². The van der Waals surface area contributed by atoms with Gasteiger partial charge in [-0.1, -0.05) is 17.7 Å². The Hall–Kier alpha value is -3.18. The number of Topliss-reactive ketones (excluding diaryl/α,β-unsaturated/α-hetero) is 2. The molecule has 1 amide bonds. The molecule has 0 fully saturated rings. The maximum Gasteiger partial charge on any atom is 0.255 e. The number of likely N-dealkylation sites (N-methyl/N-ethyl adjacent to an activating group) is 1. The number of hydrogen-bond donors (Lipinski definition) is 6. The van der Waals surface area contributed by atoms with Crippen molar-refractivity contribution in [1.29, 1.82) is 0 Å². The van der Waals surface area contributed by atoms with Crippen LogP contribution < -0.4 is 5.73 Å². The highest BCUT2D eigenvalue weighted by atomic mass is 35.5. The quantitative estimate of drug-likeness (QED) is 0.321. The number of hydrogen-bond acceptors (Lipinski definition) is 9. The fourth-order valence-electron chi connectivity index (χ4n) is 5.62. The zero-order valence-corrected chi connectivity index (χ0v) is 19.7. The van der Waals surface area contributed by atoms with E-state index in [1.807, 2.05) is 0 Å². The minimum Gasteiger partial charge on any atom is -0.510 e. The Kier molecular flexibility index (Phi) is 6.05. The highest BCUT2D eigenvalue weighted by molar-refractivity contribution is 6.31. The molecule has 7 N–H and O–H groups in total. The highest BCUT2D eigenvalue weighted by Crippen LogP contribution is 2.52. The summed E-state index contributed by atoms with van der Waals surface area (Å²) in [5, 5.41) is 53.4. The van der Waals surface area contributed by atoms with Gasteiger partial charge in [-0.3, -0.25) is 19.3 Å². The lowest BCUT2D eigenvalue weighted by Crippen LogP contribution is -2.63. The monoisotopic (exact) mass is 504 g/mol. The van der Waals surface area contributed by atoms with Gasteiger partial charge in [-0.05, 0) is 56.1 Å². The molecule has 1 aromatic rings. The van der Waals surface area contributed by atoms with Gasteiger partial charge < -0.3 is 31.3 Å². The van der Waals surface area contributed by atoms with E-state index in [1.165, 1.54) is 23.1 Å². The molecule has 11 heteroatoms. The topological polar surface area (TPSA) is 182 Å². The van der Waals surface area contributed by atoms with Crippen LogP contribution in [0.4, 0.5) is 0 Å². The average molecular weight is 505 g/mol. The zero-order valence-electron chi connectivity index (χ0n) is 18.9. The molecule has 0 aliphatic heterocycles. The van der Waals surface area contributed by atoms with Crippen LogP contribution in [0.3, 0.4) is 0 Å². The van der Waals surface area contributed by atoms with Crippen molar-refractivity contribution >= 4 is 35.2 Å². The van der Waals surface area contributed by atoms with Crippen molar-refractivity contribution in [3.63, 3.8) is 0 Å². The van der Waals surface area contributed by atoms with Gasteiger partial charge in [0.2, 0.25) is 5.78 Å². The minimum absolute atomic E-state index is 0.0156. The second-order valence-corrected chi connectivity index (χ2v) is 9.73. The van der Waals surface area contributed by atoms with E-state index in [1.54, 1.807) is 14.1 Å². The molecule has 0 bridgehead atoms. The van der Waals surface area contributed by atoms with Crippen molar-refractivity contribution in [2.75, 3.05) is 20.7 Å². The van der Waals surface area contributed by atoms with Gasteiger partial charge in [-0.15, -0.1) is 0 Å². The summed E-state index contributed by atoms with van der Waals surface area (Å²) in [5.74, 6) is -7.07. The van der Waals surface area contributed by atoms with E-state index in [0.29, 0.717) is 11.1 Å². The van der Waals surface area contributed by atoms with Gasteiger partial charge in [0, 0.05) is 16.5 Å². The van der Waals surface area contributed by atoms with Crippen LogP contribution in [0.15, 0.2) is 39.8 Å². The summed E-state index contributed by atoms with van der Waals surface area (Å²) < 4.78 is 0. The number of aliphatic hydroxyl groups is 4. The maximum atomic E-state index is 13.5. The molecule has 0 heterocycles. The average Bonchev–Trinajstić information content (AvgIpc) is 2.77. The number of aliphatic hydroxyl groups excluding tert-OH is 3. The molecule has 10 nitrogen and oxygen atoms in total. The second-order valence-electron chi connectivity index (χ2n) is 9.24. The number of nitrogens with two attached hydrogens (primary N) is 1. The molecule has 186 valence electrons. The number of aromatic hydroxyl groups is 1. The summed E-state index contributed by atoms with van der Waals surface area (Å²) >= 11 is 5.98. The summed E-state index contributed by atoms with van der Waals surface area (Å²) in [5.41, 5.74) is 2.31. The van der Waals surface area contributed by atoms with E-state index in [9.17, 15) is 39.9 Å². The largest absolute Gasteiger partial charge is 0.510 e. The molecular formula is C24H25ClN2O8. The fraction of sp³-hybridized carbons (Fsp3) is 0.375. The van der Waals surface area contributed by atoms with Crippen molar-refractivity contribution in [2.24, 2.45) is 17.6 Å². The van der Waals surface area contributed by atoms with Crippen molar-refractivity contribution in [1.82, 2.24) is 4.90 Å². The van der Waals surface area contributed by atoms with Crippen LogP contribution in [0, 0.1) is 11.8 Å². The predicted molar refractivity (Wildman–Crippen MR) is 125 cm³/mol. The summed E-state index contributed by atoms with van der Waals surface area (Å²) in [6.07, 6.45) is 1.57. The lowest BCUT2D eigenvalue weighted by Gasteiger charge is -2.50. The number of carbonyl (C=O) groups is 3. The normalized spacial score (nSPS) is 28.7.